The molecule has 2 saturated heterocycles. The molecular formula is C35H53N4O3+. The van der Waals surface area contributed by atoms with Gasteiger partial charge in [0.15, 0.2) is 6.04 Å². The first-order valence-electron chi connectivity index (χ1n) is 16.3. The molecule has 7 nitrogen and oxygen atoms in total. The van der Waals surface area contributed by atoms with E-state index >= 15 is 0 Å². The highest BCUT2D eigenvalue weighted by Gasteiger charge is 2.45. The number of piperidine rings is 1. The van der Waals surface area contributed by atoms with Crippen LogP contribution in [0.4, 0.5) is 11.4 Å². The van der Waals surface area contributed by atoms with Crippen LogP contribution in [0.5, 0.6) is 5.75 Å². The quantitative estimate of drug-likeness (QED) is 0.194. The van der Waals surface area contributed by atoms with Gasteiger partial charge < -0.3 is 19.9 Å². The molecule has 2 aromatic rings. The first-order valence-corrected chi connectivity index (χ1v) is 16.3. The molecule has 2 aliphatic heterocycles. The van der Waals surface area contributed by atoms with Crippen molar-refractivity contribution in [3.8, 4) is 5.75 Å². The van der Waals surface area contributed by atoms with E-state index in [1.807, 2.05) is 24.3 Å². The molecular weight excluding hydrogens is 524 g/mol. The van der Waals surface area contributed by atoms with Gasteiger partial charge in [-0.3, -0.25) is 14.5 Å². The Hall–Kier alpha value is -2.90. The number of anilines is 2. The molecule has 2 fully saturated rings. The Bertz CT molecular complexity index is 1150. The summed E-state index contributed by atoms with van der Waals surface area (Å²) in [4.78, 5) is 29.3. The molecule has 2 aromatic carbocycles. The molecule has 0 saturated carbocycles. The number of benzene rings is 2. The third-order valence-corrected chi connectivity index (χ3v) is 9.55. The maximum atomic E-state index is 13.7. The number of methoxy groups -OCH3 is 1. The van der Waals surface area contributed by atoms with Crippen LogP contribution in [-0.2, 0) is 9.59 Å². The van der Waals surface area contributed by atoms with Crippen molar-refractivity contribution < 1.29 is 18.8 Å². The Labute approximate surface area is 253 Å². The monoisotopic (exact) mass is 577 g/mol. The average molecular weight is 578 g/mol. The van der Waals surface area contributed by atoms with Gasteiger partial charge in [-0.2, -0.15) is 0 Å². The highest BCUT2D eigenvalue weighted by Crippen LogP contribution is 2.31. The highest BCUT2D eigenvalue weighted by atomic mass is 16.5. The lowest BCUT2D eigenvalue weighted by Crippen LogP contribution is -2.57. The zero-order chi connectivity index (χ0) is 30.0. The first-order chi connectivity index (χ1) is 20.4. The third-order valence-electron chi connectivity index (χ3n) is 9.55. The normalized spacial score (nSPS) is 22.6. The van der Waals surface area contributed by atoms with Crippen LogP contribution in [0.15, 0.2) is 42.5 Å². The van der Waals surface area contributed by atoms with Gasteiger partial charge in [-0.25, -0.2) is 0 Å². The molecule has 2 amide bonds. The summed E-state index contributed by atoms with van der Waals surface area (Å²) in [6.07, 6.45) is 10.9. The summed E-state index contributed by atoms with van der Waals surface area (Å²) in [5, 5.41) is 6.45. The summed E-state index contributed by atoms with van der Waals surface area (Å²) in [5.74, 6) is 1.08. The van der Waals surface area contributed by atoms with Crippen LogP contribution < -0.4 is 15.4 Å². The van der Waals surface area contributed by atoms with Crippen molar-refractivity contribution in [2.75, 3.05) is 50.5 Å². The number of aryl methyl sites for hydroxylation is 2. The Morgan fingerprint density at radius 2 is 1.62 bits per heavy atom. The molecule has 2 N–H and O–H groups in total. The SMILES string of the molecule is CCCC[N+]1(CCCCCN2CCCCC2C(=O)Nc2ccc(OC)cc2)CCCC1C(=O)Nc1c(C)cccc1C. The van der Waals surface area contributed by atoms with E-state index in [-0.39, 0.29) is 23.9 Å². The van der Waals surface area contributed by atoms with Gasteiger partial charge in [0.05, 0.1) is 32.8 Å². The first kappa shape index (κ1) is 32.0. The number of ether oxygens (including phenoxy) is 1. The number of hydrogen-bond acceptors (Lipinski definition) is 4. The lowest BCUT2D eigenvalue weighted by Gasteiger charge is -2.40. The van der Waals surface area contributed by atoms with Crippen molar-refractivity contribution in [2.45, 2.75) is 97.1 Å². The Morgan fingerprint density at radius 1 is 0.881 bits per heavy atom. The largest absolute Gasteiger partial charge is 0.497 e. The molecule has 0 aromatic heterocycles. The number of nitrogens with one attached hydrogen (secondary N) is 2. The third kappa shape index (κ3) is 8.13. The number of unbranched alkanes of at least 4 members (excludes halogenated alkanes) is 3. The Kier molecular flexibility index (Phi) is 11.8. The highest BCUT2D eigenvalue weighted by molar-refractivity contribution is 5.96. The number of amides is 2. The maximum absolute atomic E-state index is 13.7. The van der Waals surface area contributed by atoms with E-state index in [4.69, 9.17) is 4.74 Å². The van der Waals surface area contributed by atoms with E-state index in [0.717, 1.165) is 130 Å². The number of likely N-dealkylation sites (tertiary alicyclic amines) is 2. The van der Waals surface area contributed by atoms with Gasteiger partial charge in [-0.15, -0.1) is 0 Å². The van der Waals surface area contributed by atoms with E-state index in [1.54, 1.807) is 7.11 Å². The summed E-state index contributed by atoms with van der Waals surface area (Å²) < 4.78 is 6.17. The van der Waals surface area contributed by atoms with Gasteiger partial charge >= 0.3 is 0 Å². The minimum absolute atomic E-state index is 0.0312. The smallest absolute Gasteiger partial charge is 0.282 e. The van der Waals surface area contributed by atoms with Crippen molar-refractivity contribution in [2.24, 2.45) is 0 Å². The fraction of sp³-hybridized carbons (Fsp3) is 0.600. The number of nitrogens with zero attached hydrogens (tertiary/aromatic N) is 2. The van der Waals surface area contributed by atoms with Gasteiger partial charge in [-0.1, -0.05) is 38.0 Å². The van der Waals surface area contributed by atoms with Crippen molar-refractivity contribution in [1.29, 1.82) is 0 Å². The molecule has 4 rings (SSSR count). The van der Waals surface area contributed by atoms with Gasteiger partial charge in [0, 0.05) is 24.2 Å². The number of para-hydroxylation sites is 1. The summed E-state index contributed by atoms with van der Waals surface area (Å²) in [6.45, 7) is 11.6. The van der Waals surface area contributed by atoms with Gasteiger partial charge in [0.25, 0.3) is 5.91 Å². The predicted molar refractivity (Wildman–Crippen MR) is 172 cm³/mol. The molecule has 2 aliphatic rings. The molecule has 0 bridgehead atoms. The van der Waals surface area contributed by atoms with Crippen LogP contribution in [0.25, 0.3) is 0 Å². The summed E-state index contributed by atoms with van der Waals surface area (Å²) in [7, 11) is 1.65. The van der Waals surface area contributed by atoms with Crippen LogP contribution in [0.3, 0.4) is 0 Å². The summed E-state index contributed by atoms with van der Waals surface area (Å²) in [6, 6.07) is 13.7. The van der Waals surface area contributed by atoms with E-state index in [0.29, 0.717) is 0 Å². The number of carbonyl (C=O) groups excluding carboxylic acids is 2. The second-order valence-electron chi connectivity index (χ2n) is 12.5. The summed E-state index contributed by atoms with van der Waals surface area (Å²) in [5.41, 5.74) is 4.05. The minimum Gasteiger partial charge on any atom is -0.497 e. The Morgan fingerprint density at radius 3 is 2.33 bits per heavy atom. The molecule has 3 atom stereocenters. The second-order valence-corrected chi connectivity index (χ2v) is 12.5. The lowest BCUT2D eigenvalue weighted by atomic mass is 10.0. The summed E-state index contributed by atoms with van der Waals surface area (Å²) >= 11 is 0. The second kappa shape index (κ2) is 15.5. The van der Waals surface area contributed by atoms with Crippen LogP contribution in [-0.4, -0.2) is 73.1 Å². The molecule has 42 heavy (non-hydrogen) atoms. The Balaban J connectivity index is 1.30. The van der Waals surface area contributed by atoms with Crippen molar-refractivity contribution in [1.82, 2.24) is 4.90 Å². The van der Waals surface area contributed by atoms with E-state index in [9.17, 15) is 9.59 Å². The molecule has 0 radical (unpaired) electrons. The van der Waals surface area contributed by atoms with Crippen LogP contribution in [0, 0.1) is 13.8 Å². The number of rotatable bonds is 14. The van der Waals surface area contributed by atoms with Crippen molar-refractivity contribution in [3.63, 3.8) is 0 Å². The fourth-order valence-corrected chi connectivity index (χ4v) is 7.12. The van der Waals surface area contributed by atoms with Crippen LogP contribution in [0.1, 0.15) is 82.3 Å². The standard InChI is InChI=1S/C35H52N4O3/c1-5-6-24-39(26-13-17-32(39)35(41)37-33-27(2)14-12-15-28(33)3)25-11-7-9-22-38-23-10-8-16-31(38)34(40)36-29-18-20-30(42-4)21-19-29/h12,14-15,18-21,31-32H,5-11,13,16-17,22-26H2,1-4H3,(H-,36,37,40,41)/p+1. The predicted octanol–water partition coefficient (Wildman–Crippen LogP) is 6.69. The lowest BCUT2D eigenvalue weighted by molar-refractivity contribution is -0.931. The van der Waals surface area contributed by atoms with Gasteiger partial charge in [0.1, 0.15) is 5.75 Å². The van der Waals surface area contributed by atoms with Gasteiger partial charge in [0.2, 0.25) is 5.91 Å². The zero-order valence-corrected chi connectivity index (χ0v) is 26.4. The zero-order valence-electron chi connectivity index (χ0n) is 26.4. The molecule has 230 valence electrons. The molecule has 0 spiro atoms. The number of hydrogen-bond donors (Lipinski definition) is 2. The van der Waals surface area contributed by atoms with E-state index in [1.165, 1.54) is 0 Å². The molecule has 2 heterocycles. The maximum Gasteiger partial charge on any atom is 0.282 e. The van der Waals surface area contributed by atoms with Crippen molar-refractivity contribution >= 4 is 23.2 Å². The fourth-order valence-electron chi connectivity index (χ4n) is 7.12. The van der Waals surface area contributed by atoms with Crippen LogP contribution in [0.2, 0.25) is 0 Å². The van der Waals surface area contributed by atoms with Crippen LogP contribution >= 0.6 is 0 Å². The van der Waals surface area contributed by atoms with E-state index in [2.05, 4.69) is 54.5 Å². The van der Waals surface area contributed by atoms with E-state index < -0.39 is 0 Å². The number of quaternary nitrogens is 1. The number of carbonyl (C=O) groups is 2. The van der Waals surface area contributed by atoms with Crippen molar-refractivity contribution in [3.05, 3.63) is 53.6 Å². The minimum atomic E-state index is -0.0691. The average Bonchev–Trinajstić information content (AvgIpc) is 3.42. The molecule has 3 unspecified atom stereocenters. The molecule has 7 heteroatoms. The molecule has 0 aliphatic carbocycles. The van der Waals surface area contributed by atoms with Gasteiger partial charge in [-0.05, 0) is 101 Å². The topological polar surface area (TPSA) is 70.7 Å².